The Kier molecular flexibility index (Phi) is 7.15. The van der Waals surface area contributed by atoms with Gasteiger partial charge < -0.3 is 9.64 Å². The predicted octanol–water partition coefficient (Wildman–Crippen LogP) is 4.33. The second-order valence-electron chi connectivity index (χ2n) is 5.11. The molecule has 0 aromatic heterocycles. The van der Waals surface area contributed by atoms with Crippen LogP contribution < -0.4 is 0 Å². The lowest BCUT2D eigenvalue weighted by molar-refractivity contribution is -0.421. The van der Waals surface area contributed by atoms with Crippen molar-refractivity contribution in [3.63, 3.8) is 0 Å². The summed E-state index contributed by atoms with van der Waals surface area (Å²) in [6.07, 6.45) is 4.42. The van der Waals surface area contributed by atoms with E-state index in [9.17, 15) is 10.1 Å². The van der Waals surface area contributed by atoms with E-state index in [2.05, 4.69) is 0 Å². The Morgan fingerprint density at radius 3 is 2.27 bits per heavy atom. The van der Waals surface area contributed by atoms with Crippen molar-refractivity contribution < 1.29 is 9.66 Å². The molecule has 0 bridgehead atoms. The fourth-order valence-corrected chi connectivity index (χ4v) is 4.45. The zero-order chi connectivity index (χ0) is 16.1. The van der Waals surface area contributed by atoms with E-state index in [1.807, 2.05) is 4.90 Å². The van der Waals surface area contributed by atoms with Crippen LogP contribution in [0, 0.1) is 10.1 Å². The molecule has 1 aliphatic heterocycles. The minimum absolute atomic E-state index is 0.208. The summed E-state index contributed by atoms with van der Waals surface area (Å²) in [5.41, 5.74) is -0.208. The van der Waals surface area contributed by atoms with E-state index in [0.29, 0.717) is 36.6 Å². The molecule has 0 aromatic rings. The van der Waals surface area contributed by atoms with Crippen molar-refractivity contribution in [3.8, 4) is 0 Å². The monoisotopic (exact) mass is 386 g/mol. The maximum Gasteiger partial charge on any atom is 0.319 e. The third kappa shape index (κ3) is 4.68. The molecule has 0 amide bonds. The Hall–Kier alpha value is -0.140. The van der Waals surface area contributed by atoms with Crippen molar-refractivity contribution >= 4 is 46.6 Å². The molecule has 0 aromatic carbocycles. The summed E-state index contributed by atoms with van der Waals surface area (Å²) in [6, 6.07) is 0. The van der Waals surface area contributed by atoms with Crippen LogP contribution in [0.5, 0.6) is 0 Å². The Bertz CT molecular complexity index is 483. The molecule has 0 N–H and O–H groups in total. The van der Waals surface area contributed by atoms with Crippen LogP contribution in [-0.2, 0) is 4.74 Å². The largest absolute Gasteiger partial charge is 0.378 e. The van der Waals surface area contributed by atoms with Crippen LogP contribution in [0.25, 0.3) is 0 Å². The van der Waals surface area contributed by atoms with Crippen LogP contribution in [0.4, 0.5) is 0 Å². The number of morpholine rings is 1. The number of nitrogens with zero attached hydrogens (tertiary/aromatic N) is 2. The second kappa shape index (κ2) is 8.64. The molecule has 124 valence electrons. The minimum Gasteiger partial charge on any atom is -0.378 e. The molecular weight excluding hydrogens is 371 g/mol. The molecule has 1 aliphatic carbocycles. The van der Waals surface area contributed by atoms with Gasteiger partial charge in [0, 0.05) is 18.3 Å². The molecule has 1 saturated heterocycles. The first-order valence-corrected chi connectivity index (χ1v) is 9.11. The van der Waals surface area contributed by atoms with Crippen LogP contribution in [0.15, 0.2) is 20.2 Å². The molecule has 2 fully saturated rings. The van der Waals surface area contributed by atoms with Gasteiger partial charge in [-0.3, -0.25) is 10.1 Å². The average molecular weight is 388 g/mol. The Labute approximate surface area is 148 Å². The van der Waals surface area contributed by atoms with Gasteiger partial charge in [-0.05, 0) is 12.8 Å². The quantitative estimate of drug-likeness (QED) is 0.399. The predicted molar refractivity (Wildman–Crippen MR) is 90.8 cm³/mol. The lowest BCUT2D eigenvalue weighted by atomic mass is 10.4. The SMILES string of the molecule is O=[N+]([O-])/C(C(Cl)=C(Cl)Cl)=C(\SC1CCCC1)N1CCOCC1. The topological polar surface area (TPSA) is 55.6 Å². The fraction of sp³-hybridized carbons (Fsp3) is 0.692. The van der Waals surface area contributed by atoms with Crippen molar-refractivity contribution in [2.45, 2.75) is 30.9 Å². The fourth-order valence-electron chi connectivity index (χ4n) is 2.55. The number of hydrogen-bond acceptors (Lipinski definition) is 5. The first kappa shape index (κ1) is 18.2. The van der Waals surface area contributed by atoms with E-state index in [0.717, 1.165) is 25.7 Å². The highest BCUT2D eigenvalue weighted by molar-refractivity contribution is 8.03. The zero-order valence-corrected chi connectivity index (χ0v) is 15.0. The second-order valence-corrected chi connectivity index (χ2v) is 7.73. The van der Waals surface area contributed by atoms with E-state index in [1.54, 1.807) is 0 Å². The van der Waals surface area contributed by atoms with E-state index in [4.69, 9.17) is 39.5 Å². The van der Waals surface area contributed by atoms with Crippen LogP contribution in [0.1, 0.15) is 25.7 Å². The molecule has 22 heavy (non-hydrogen) atoms. The molecule has 2 rings (SSSR count). The maximum absolute atomic E-state index is 11.5. The van der Waals surface area contributed by atoms with Crippen molar-refractivity contribution in [2.24, 2.45) is 0 Å². The molecule has 0 radical (unpaired) electrons. The lowest BCUT2D eigenvalue weighted by Crippen LogP contribution is -2.36. The van der Waals surface area contributed by atoms with Gasteiger partial charge in [-0.25, -0.2) is 0 Å². The van der Waals surface area contributed by atoms with Gasteiger partial charge in [-0.2, -0.15) is 0 Å². The third-order valence-electron chi connectivity index (χ3n) is 3.64. The number of allylic oxidation sites excluding steroid dienone is 1. The van der Waals surface area contributed by atoms with Gasteiger partial charge in [0.2, 0.25) is 0 Å². The van der Waals surface area contributed by atoms with Crippen LogP contribution in [0.3, 0.4) is 0 Å². The Morgan fingerprint density at radius 1 is 1.18 bits per heavy atom. The van der Waals surface area contributed by atoms with Gasteiger partial charge in [-0.15, -0.1) is 0 Å². The first-order chi connectivity index (χ1) is 10.5. The minimum atomic E-state index is -0.500. The smallest absolute Gasteiger partial charge is 0.319 e. The highest BCUT2D eigenvalue weighted by Gasteiger charge is 2.32. The number of ether oxygens (including phenoxy) is 1. The highest BCUT2D eigenvalue weighted by atomic mass is 35.5. The van der Waals surface area contributed by atoms with E-state index in [1.165, 1.54) is 11.8 Å². The summed E-state index contributed by atoms with van der Waals surface area (Å²) in [4.78, 5) is 13.0. The van der Waals surface area contributed by atoms with Crippen molar-refractivity contribution in [3.05, 3.63) is 30.4 Å². The van der Waals surface area contributed by atoms with E-state index >= 15 is 0 Å². The summed E-state index contributed by atoms with van der Waals surface area (Å²) in [5.74, 6) is 0. The molecular formula is C13H17Cl3N2O3S. The number of halogens is 3. The van der Waals surface area contributed by atoms with Crippen molar-refractivity contribution in [1.82, 2.24) is 4.90 Å². The molecule has 2 aliphatic rings. The summed E-state index contributed by atoms with van der Waals surface area (Å²) in [7, 11) is 0. The van der Waals surface area contributed by atoms with Gasteiger partial charge in [0.15, 0.2) is 10.1 Å². The Balaban J connectivity index is 2.39. The lowest BCUT2D eigenvalue weighted by Gasteiger charge is -2.31. The number of thioether (sulfide) groups is 1. The molecule has 0 unspecified atom stereocenters. The molecule has 0 spiro atoms. The molecule has 9 heteroatoms. The summed E-state index contributed by atoms with van der Waals surface area (Å²) < 4.78 is 5.04. The molecule has 1 heterocycles. The van der Waals surface area contributed by atoms with Crippen LogP contribution >= 0.6 is 46.6 Å². The van der Waals surface area contributed by atoms with Gasteiger partial charge in [-0.1, -0.05) is 59.4 Å². The molecule has 1 saturated carbocycles. The van der Waals surface area contributed by atoms with Gasteiger partial charge >= 0.3 is 5.70 Å². The number of hydrogen-bond donors (Lipinski definition) is 0. The van der Waals surface area contributed by atoms with E-state index in [-0.39, 0.29) is 15.2 Å². The summed E-state index contributed by atoms with van der Waals surface area (Å²) in [6.45, 7) is 2.26. The zero-order valence-electron chi connectivity index (χ0n) is 11.9. The van der Waals surface area contributed by atoms with Crippen LogP contribution in [0.2, 0.25) is 0 Å². The maximum atomic E-state index is 11.5. The highest BCUT2D eigenvalue weighted by Crippen LogP contribution is 2.40. The number of nitro groups is 1. The van der Waals surface area contributed by atoms with Crippen molar-refractivity contribution in [2.75, 3.05) is 26.3 Å². The van der Waals surface area contributed by atoms with Crippen molar-refractivity contribution in [1.29, 1.82) is 0 Å². The van der Waals surface area contributed by atoms with Gasteiger partial charge in [0.25, 0.3) is 0 Å². The van der Waals surface area contributed by atoms with Gasteiger partial charge in [0.05, 0.1) is 18.1 Å². The first-order valence-electron chi connectivity index (χ1n) is 7.10. The van der Waals surface area contributed by atoms with E-state index < -0.39 is 4.92 Å². The summed E-state index contributed by atoms with van der Waals surface area (Å²) >= 11 is 18.9. The average Bonchev–Trinajstić information content (AvgIpc) is 3.00. The number of rotatable bonds is 5. The molecule has 0 atom stereocenters. The normalized spacial score (nSPS) is 20.8. The molecule has 5 nitrogen and oxygen atoms in total. The van der Waals surface area contributed by atoms with Gasteiger partial charge in [0.1, 0.15) is 4.49 Å². The Morgan fingerprint density at radius 2 is 1.77 bits per heavy atom. The van der Waals surface area contributed by atoms with Crippen LogP contribution in [-0.4, -0.2) is 41.4 Å². The summed E-state index contributed by atoms with van der Waals surface area (Å²) in [5, 5.41) is 12.2. The third-order valence-corrected chi connectivity index (χ3v) is 6.06. The standard InChI is InChI=1S/C13H17Cl3N2O3S/c14-10(12(15)16)11(18(19)20)13(17-5-7-21-8-6-17)22-9-3-1-2-4-9/h9H,1-8H2/b13-11-.